The summed E-state index contributed by atoms with van der Waals surface area (Å²) in [5.74, 6) is 1.15. The molecule has 3 heteroatoms. The van der Waals surface area contributed by atoms with E-state index in [1.165, 1.54) is 0 Å². The molecule has 0 spiro atoms. The van der Waals surface area contributed by atoms with Crippen LogP contribution in [0.2, 0.25) is 0 Å². The minimum Gasteiger partial charge on any atom is -0.234 e. The third-order valence-corrected chi connectivity index (χ3v) is 1.96. The molecule has 0 amide bonds. The first-order chi connectivity index (χ1) is 5.79. The summed E-state index contributed by atoms with van der Waals surface area (Å²) in [5.41, 5.74) is 0. The monoisotopic (exact) mass is 164 g/mol. The van der Waals surface area contributed by atoms with Crippen molar-refractivity contribution in [3.05, 3.63) is 18.2 Å². The summed E-state index contributed by atoms with van der Waals surface area (Å²) < 4.78 is 4.12. The number of aryl methyl sites for hydroxylation is 1. The Morgan fingerprint density at radius 2 is 2.42 bits per heavy atom. The summed E-state index contributed by atoms with van der Waals surface area (Å²) in [5, 5.41) is 8.50. The van der Waals surface area contributed by atoms with Crippen molar-refractivity contribution < 1.29 is 4.57 Å². The van der Waals surface area contributed by atoms with E-state index in [1.54, 1.807) is 0 Å². The lowest BCUT2D eigenvalue weighted by Gasteiger charge is -1.95. The molecule has 0 saturated heterocycles. The van der Waals surface area contributed by atoms with Gasteiger partial charge in [0.25, 0.3) is 5.82 Å². The van der Waals surface area contributed by atoms with Gasteiger partial charge in [-0.3, -0.25) is 0 Å². The van der Waals surface area contributed by atoms with Gasteiger partial charge in [0.2, 0.25) is 0 Å². The number of hydrogen-bond donors (Lipinski definition) is 0. The van der Waals surface area contributed by atoms with Crippen molar-refractivity contribution in [3.8, 4) is 6.07 Å². The fraction of sp³-hybridized carbons (Fsp3) is 0.556. The van der Waals surface area contributed by atoms with Crippen LogP contribution in [0.15, 0.2) is 12.4 Å². The van der Waals surface area contributed by atoms with Crippen LogP contribution in [0.25, 0.3) is 0 Å². The summed E-state index contributed by atoms with van der Waals surface area (Å²) in [6.45, 7) is 5.66. The number of hydrogen-bond acceptors (Lipinski definition) is 1. The van der Waals surface area contributed by atoms with Crippen molar-refractivity contribution in [2.24, 2.45) is 0 Å². The maximum atomic E-state index is 8.50. The highest BCUT2D eigenvalue weighted by atomic mass is 15.1. The second-order valence-electron chi connectivity index (χ2n) is 2.82. The molecule has 64 valence electrons. The average Bonchev–Trinajstić information content (AvgIpc) is 2.38. The third kappa shape index (κ3) is 1.65. The quantitative estimate of drug-likeness (QED) is 0.614. The third-order valence-electron chi connectivity index (χ3n) is 1.96. The molecule has 1 rings (SSSR count). The number of imidazole rings is 1. The molecule has 1 aromatic heterocycles. The Labute approximate surface area is 72.9 Å². The number of rotatable bonds is 3. The molecule has 1 aromatic rings. The Bertz CT molecular complexity index is 293. The Morgan fingerprint density at radius 3 is 3.00 bits per heavy atom. The van der Waals surface area contributed by atoms with E-state index in [1.807, 2.05) is 23.9 Å². The molecular weight excluding hydrogens is 150 g/mol. The molecule has 0 atom stereocenters. The van der Waals surface area contributed by atoms with E-state index >= 15 is 0 Å². The highest BCUT2D eigenvalue weighted by Gasteiger charge is 2.09. The van der Waals surface area contributed by atoms with Gasteiger partial charge in [-0.25, -0.2) is 9.13 Å². The Hall–Kier alpha value is -1.30. The normalized spacial score (nSPS) is 9.75. The lowest BCUT2D eigenvalue weighted by Crippen LogP contribution is -2.35. The molecule has 0 saturated carbocycles. The van der Waals surface area contributed by atoms with E-state index in [0.29, 0.717) is 6.54 Å². The predicted octanol–water partition coefficient (Wildman–Crippen LogP) is 1.02. The number of nitriles is 1. The molecular formula is C9H14N3+. The van der Waals surface area contributed by atoms with E-state index in [-0.39, 0.29) is 0 Å². The number of aromatic nitrogens is 2. The van der Waals surface area contributed by atoms with Crippen LogP contribution in [0.5, 0.6) is 0 Å². The summed E-state index contributed by atoms with van der Waals surface area (Å²) in [6, 6.07) is 2.13. The highest BCUT2D eigenvalue weighted by Crippen LogP contribution is 1.93. The minimum atomic E-state index is 0.447. The minimum absolute atomic E-state index is 0.447. The summed E-state index contributed by atoms with van der Waals surface area (Å²) in [4.78, 5) is 0. The van der Waals surface area contributed by atoms with Gasteiger partial charge in [0.05, 0.1) is 6.54 Å². The van der Waals surface area contributed by atoms with Crippen LogP contribution in [0.1, 0.15) is 19.2 Å². The van der Waals surface area contributed by atoms with E-state index in [0.717, 1.165) is 18.8 Å². The van der Waals surface area contributed by atoms with E-state index in [9.17, 15) is 0 Å². The van der Waals surface area contributed by atoms with E-state index in [4.69, 9.17) is 5.26 Å². The predicted molar refractivity (Wildman–Crippen MR) is 45.3 cm³/mol. The van der Waals surface area contributed by atoms with Gasteiger partial charge in [0.1, 0.15) is 18.5 Å². The molecule has 0 radical (unpaired) electrons. The van der Waals surface area contributed by atoms with Gasteiger partial charge in [-0.1, -0.05) is 6.92 Å². The van der Waals surface area contributed by atoms with Crippen LogP contribution in [-0.4, -0.2) is 4.57 Å². The fourth-order valence-electron chi connectivity index (χ4n) is 1.26. The van der Waals surface area contributed by atoms with Gasteiger partial charge in [-0.15, -0.1) is 0 Å². The topological polar surface area (TPSA) is 32.6 Å². The molecule has 1 heterocycles. The summed E-state index contributed by atoms with van der Waals surface area (Å²) in [7, 11) is 0. The average molecular weight is 164 g/mol. The first-order valence-electron chi connectivity index (χ1n) is 4.21. The lowest BCUT2D eigenvalue weighted by atomic mass is 10.4. The highest BCUT2D eigenvalue weighted by molar-refractivity contribution is 4.84. The Kier molecular flexibility index (Phi) is 2.87. The fourth-order valence-corrected chi connectivity index (χ4v) is 1.26. The zero-order valence-corrected chi connectivity index (χ0v) is 7.62. The van der Waals surface area contributed by atoms with Gasteiger partial charge < -0.3 is 0 Å². The van der Waals surface area contributed by atoms with Crippen LogP contribution in [0.3, 0.4) is 0 Å². The van der Waals surface area contributed by atoms with Crippen molar-refractivity contribution in [2.45, 2.75) is 33.4 Å². The Morgan fingerprint density at radius 1 is 1.67 bits per heavy atom. The van der Waals surface area contributed by atoms with E-state index in [2.05, 4.69) is 17.6 Å². The van der Waals surface area contributed by atoms with Gasteiger partial charge in [-0.05, 0) is 6.42 Å². The summed E-state index contributed by atoms with van der Waals surface area (Å²) >= 11 is 0. The number of nitrogens with zero attached hydrogens (tertiary/aromatic N) is 3. The molecule has 0 aromatic carbocycles. The van der Waals surface area contributed by atoms with Gasteiger partial charge >= 0.3 is 0 Å². The van der Waals surface area contributed by atoms with Crippen LogP contribution in [0, 0.1) is 18.3 Å². The SMILES string of the molecule is CCC[n+]1ccn(CC#N)c1C. The van der Waals surface area contributed by atoms with Crippen LogP contribution < -0.4 is 4.57 Å². The van der Waals surface area contributed by atoms with Crippen molar-refractivity contribution in [1.29, 1.82) is 5.26 Å². The molecule has 0 bridgehead atoms. The van der Waals surface area contributed by atoms with Crippen molar-refractivity contribution >= 4 is 0 Å². The van der Waals surface area contributed by atoms with Crippen molar-refractivity contribution in [2.75, 3.05) is 0 Å². The zero-order chi connectivity index (χ0) is 8.97. The summed E-state index contributed by atoms with van der Waals surface area (Å²) in [6.07, 6.45) is 5.10. The largest absolute Gasteiger partial charge is 0.254 e. The second kappa shape index (κ2) is 3.91. The van der Waals surface area contributed by atoms with Gasteiger partial charge in [0.15, 0.2) is 6.54 Å². The zero-order valence-electron chi connectivity index (χ0n) is 7.62. The van der Waals surface area contributed by atoms with Crippen molar-refractivity contribution in [1.82, 2.24) is 4.57 Å². The van der Waals surface area contributed by atoms with Crippen LogP contribution >= 0.6 is 0 Å². The molecule has 0 aliphatic rings. The lowest BCUT2D eigenvalue weighted by molar-refractivity contribution is -0.702. The van der Waals surface area contributed by atoms with E-state index < -0.39 is 0 Å². The Balaban J connectivity index is 2.82. The maximum Gasteiger partial charge on any atom is 0.254 e. The van der Waals surface area contributed by atoms with Gasteiger partial charge in [0, 0.05) is 6.92 Å². The molecule has 0 aliphatic heterocycles. The standard InChI is InChI=1S/C9H14N3/c1-3-5-11-7-8-12(6-4-10)9(11)2/h7-8H,3,5-6H2,1-2H3/q+1. The van der Waals surface area contributed by atoms with Crippen LogP contribution in [0.4, 0.5) is 0 Å². The molecule has 3 nitrogen and oxygen atoms in total. The van der Waals surface area contributed by atoms with Gasteiger partial charge in [-0.2, -0.15) is 5.26 Å². The molecule has 0 aliphatic carbocycles. The maximum absolute atomic E-state index is 8.50. The molecule has 0 fully saturated rings. The first kappa shape index (κ1) is 8.79. The smallest absolute Gasteiger partial charge is 0.234 e. The molecule has 12 heavy (non-hydrogen) atoms. The first-order valence-corrected chi connectivity index (χ1v) is 4.21. The molecule has 0 unspecified atom stereocenters. The van der Waals surface area contributed by atoms with Crippen molar-refractivity contribution in [3.63, 3.8) is 0 Å². The molecule has 0 N–H and O–H groups in total. The second-order valence-corrected chi connectivity index (χ2v) is 2.82. The van der Waals surface area contributed by atoms with Crippen LogP contribution in [-0.2, 0) is 13.1 Å².